The Balaban J connectivity index is 1.46. The minimum absolute atomic E-state index is 0.171. The standard InChI is InChI=1S/C33H40ClN5O6S/c1-33(2,3)45-32(42)26-17-19-38(36-26)20-18-35-30(40)28-23-9-5-6-10-24(23)31(41)39(29(28)21-13-15-22(34)16-14-21)27-12-8-7-11-25(27)37-46(4,43)44/h5-6,9-10,13-17,19,25,27-29,37H,7-8,11-12,18,20H2,1-4H3,(H,35,40)/t25-,27-,28+,29-/m0/s1. The first kappa shape index (κ1) is 33.6. The highest BCUT2D eigenvalue weighted by Gasteiger charge is 2.48. The number of esters is 1. The summed E-state index contributed by atoms with van der Waals surface area (Å²) in [5, 5.41) is 7.84. The largest absolute Gasteiger partial charge is 0.455 e. The number of amides is 2. The fraction of sp³-hybridized carbons (Fsp3) is 0.455. The zero-order valence-corrected chi connectivity index (χ0v) is 28.0. The normalized spacial score (nSPS) is 21.8. The number of rotatable bonds is 9. The molecule has 1 saturated carbocycles. The topological polar surface area (TPSA) is 140 Å². The summed E-state index contributed by atoms with van der Waals surface area (Å²) in [7, 11) is -3.56. The lowest BCUT2D eigenvalue weighted by molar-refractivity contribution is -0.124. The Bertz CT molecular complexity index is 1700. The third kappa shape index (κ3) is 7.79. The van der Waals surface area contributed by atoms with Crippen molar-refractivity contribution in [3.8, 4) is 0 Å². The van der Waals surface area contributed by atoms with Gasteiger partial charge in [-0.25, -0.2) is 17.9 Å². The van der Waals surface area contributed by atoms with Crippen molar-refractivity contribution in [2.45, 2.75) is 82.6 Å². The number of fused-ring (bicyclic) bond motifs is 1. The van der Waals surface area contributed by atoms with Gasteiger partial charge in [-0.3, -0.25) is 14.3 Å². The van der Waals surface area contributed by atoms with Gasteiger partial charge in [0.15, 0.2) is 5.69 Å². The zero-order chi connectivity index (χ0) is 33.2. The number of nitrogens with one attached hydrogen (secondary N) is 2. The van der Waals surface area contributed by atoms with E-state index in [-0.39, 0.29) is 24.1 Å². The average Bonchev–Trinajstić information content (AvgIpc) is 3.46. The minimum atomic E-state index is -3.56. The molecular formula is C33H40ClN5O6S. The molecule has 0 saturated heterocycles. The van der Waals surface area contributed by atoms with Gasteiger partial charge in [0.1, 0.15) is 5.60 Å². The van der Waals surface area contributed by atoms with Crippen molar-refractivity contribution in [2.24, 2.45) is 0 Å². The van der Waals surface area contributed by atoms with Crippen LogP contribution in [0.4, 0.5) is 0 Å². The van der Waals surface area contributed by atoms with E-state index in [0.717, 1.165) is 19.1 Å². The van der Waals surface area contributed by atoms with Crippen molar-refractivity contribution in [1.29, 1.82) is 0 Å². The average molecular weight is 670 g/mol. The molecule has 246 valence electrons. The molecule has 2 aliphatic rings. The van der Waals surface area contributed by atoms with E-state index in [2.05, 4.69) is 15.1 Å². The van der Waals surface area contributed by atoms with Gasteiger partial charge >= 0.3 is 5.97 Å². The number of sulfonamides is 1. The summed E-state index contributed by atoms with van der Waals surface area (Å²) in [5.41, 5.74) is 1.23. The summed E-state index contributed by atoms with van der Waals surface area (Å²) in [6.45, 7) is 5.84. The van der Waals surface area contributed by atoms with Crippen LogP contribution < -0.4 is 10.0 Å². The van der Waals surface area contributed by atoms with Crippen LogP contribution in [0.3, 0.4) is 0 Å². The highest BCUT2D eigenvalue weighted by atomic mass is 35.5. The lowest BCUT2D eigenvalue weighted by Crippen LogP contribution is -2.59. The molecule has 1 aromatic heterocycles. The van der Waals surface area contributed by atoms with Gasteiger partial charge in [0.05, 0.1) is 24.8 Å². The van der Waals surface area contributed by atoms with Crippen molar-refractivity contribution in [3.63, 3.8) is 0 Å². The number of ether oxygens (including phenoxy) is 1. The molecule has 1 aliphatic carbocycles. The van der Waals surface area contributed by atoms with E-state index in [9.17, 15) is 22.8 Å². The molecule has 1 aliphatic heterocycles. The van der Waals surface area contributed by atoms with Gasteiger partial charge in [0.25, 0.3) is 5.91 Å². The molecule has 2 heterocycles. The van der Waals surface area contributed by atoms with Crippen molar-refractivity contribution in [2.75, 3.05) is 12.8 Å². The third-order valence-electron chi connectivity index (χ3n) is 8.21. The number of hydrogen-bond donors (Lipinski definition) is 2. The van der Waals surface area contributed by atoms with Crippen LogP contribution in [0.25, 0.3) is 0 Å². The second-order valence-electron chi connectivity index (χ2n) is 12.9. The Kier molecular flexibility index (Phi) is 9.90. The molecule has 2 aromatic carbocycles. The molecule has 0 spiro atoms. The van der Waals surface area contributed by atoms with Crippen LogP contribution in [0.5, 0.6) is 0 Å². The molecule has 5 rings (SSSR count). The second kappa shape index (κ2) is 13.5. The highest BCUT2D eigenvalue weighted by molar-refractivity contribution is 7.88. The maximum atomic E-state index is 14.3. The number of aromatic nitrogens is 2. The quantitative estimate of drug-likeness (QED) is 0.321. The molecule has 0 bridgehead atoms. The number of nitrogens with zero attached hydrogens (tertiary/aromatic N) is 3. The van der Waals surface area contributed by atoms with Gasteiger partial charge in [0.2, 0.25) is 15.9 Å². The Morgan fingerprint density at radius 1 is 1.04 bits per heavy atom. The molecular weight excluding hydrogens is 630 g/mol. The smallest absolute Gasteiger partial charge is 0.359 e. The van der Waals surface area contributed by atoms with Gasteiger partial charge < -0.3 is 15.0 Å². The minimum Gasteiger partial charge on any atom is -0.455 e. The molecule has 3 aromatic rings. The summed E-state index contributed by atoms with van der Waals surface area (Å²) >= 11 is 6.25. The SMILES string of the molecule is CC(C)(C)OC(=O)c1ccn(CCNC(=O)[C@@H]2c3ccccc3C(=O)N([C@H]3CCCC[C@@H]3NS(C)(=O)=O)[C@H]2c2ccc(Cl)cc2)n1. The van der Waals surface area contributed by atoms with Gasteiger partial charge in [-0.2, -0.15) is 5.10 Å². The second-order valence-corrected chi connectivity index (χ2v) is 15.1. The van der Waals surface area contributed by atoms with Crippen LogP contribution >= 0.6 is 11.6 Å². The fourth-order valence-electron chi connectivity index (χ4n) is 6.40. The number of carbonyl (C=O) groups excluding carboxylic acids is 3. The van der Waals surface area contributed by atoms with Gasteiger partial charge in [0, 0.05) is 35.4 Å². The van der Waals surface area contributed by atoms with Gasteiger partial charge in [-0.15, -0.1) is 0 Å². The van der Waals surface area contributed by atoms with Crippen molar-refractivity contribution >= 4 is 39.4 Å². The molecule has 0 radical (unpaired) electrons. The van der Waals surface area contributed by atoms with E-state index in [4.69, 9.17) is 16.3 Å². The molecule has 1 fully saturated rings. The monoisotopic (exact) mass is 669 g/mol. The number of benzene rings is 2. The number of hydrogen-bond acceptors (Lipinski definition) is 7. The predicted molar refractivity (Wildman–Crippen MR) is 174 cm³/mol. The van der Waals surface area contributed by atoms with Gasteiger partial charge in [-0.1, -0.05) is 54.8 Å². The van der Waals surface area contributed by atoms with E-state index in [1.165, 1.54) is 0 Å². The van der Waals surface area contributed by atoms with Crippen LogP contribution in [-0.4, -0.2) is 71.4 Å². The Labute approximate surface area is 274 Å². The third-order valence-corrected chi connectivity index (χ3v) is 9.19. The summed E-state index contributed by atoms with van der Waals surface area (Å²) < 4.78 is 34.5. The maximum absolute atomic E-state index is 14.3. The van der Waals surface area contributed by atoms with E-state index < -0.39 is 45.6 Å². The molecule has 11 nitrogen and oxygen atoms in total. The van der Waals surface area contributed by atoms with Crippen LogP contribution in [0.1, 0.15) is 90.4 Å². The first-order chi connectivity index (χ1) is 21.7. The van der Waals surface area contributed by atoms with Crippen LogP contribution in [0.2, 0.25) is 5.02 Å². The predicted octanol–water partition coefficient (Wildman–Crippen LogP) is 4.45. The first-order valence-corrected chi connectivity index (χ1v) is 17.7. The van der Waals surface area contributed by atoms with Crippen LogP contribution in [0.15, 0.2) is 60.8 Å². The summed E-state index contributed by atoms with van der Waals surface area (Å²) in [5.74, 6) is -1.88. The van der Waals surface area contributed by atoms with Gasteiger partial charge in [-0.05, 0) is 69.0 Å². The zero-order valence-electron chi connectivity index (χ0n) is 26.4. The Hall–Kier alpha value is -3.74. The van der Waals surface area contributed by atoms with Crippen molar-refractivity contribution < 1.29 is 27.5 Å². The lowest BCUT2D eigenvalue weighted by atomic mass is 9.76. The summed E-state index contributed by atoms with van der Waals surface area (Å²) in [6, 6.07) is 14.0. The van der Waals surface area contributed by atoms with E-state index in [1.54, 1.807) is 79.0 Å². The molecule has 2 amide bonds. The fourth-order valence-corrected chi connectivity index (χ4v) is 7.35. The first-order valence-electron chi connectivity index (χ1n) is 15.4. The maximum Gasteiger partial charge on any atom is 0.359 e. The summed E-state index contributed by atoms with van der Waals surface area (Å²) in [4.78, 5) is 42.7. The molecule has 46 heavy (non-hydrogen) atoms. The van der Waals surface area contributed by atoms with E-state index in [1.807, 2.05) is 12.1 Å². The molecule has 4 atom stereocenters. The molecule has 0 unspecified atom stereocenters. The van der Waals surface area contributed by atoms with E-state index >= 15 is 0 Å². The lowest BCUT2D eigenvalue weighted by Gasteiger charge is -2.49. The molecule has 2 N–H and O–H groups in total. The number of halogens is 1. The van der Waals surface area contributed by atoms with E-state index in [0.29, 0.717) is 41.1 Å². The number of carbonyl (C=O) groups is 3. The Morgan fingerprint density at radius 3 is 2.43 bits per heavy atom. The Morgan fingerprint density at radius 2 is 1.74 bits per heavy atom. The highest BCUT2D eigenvalue weighted by Crippen LogP contribution is 2.46. The van der Waals surface area contributed by atoms with Crippen molar-refractivity contribution in [1.82, 2.24) is 24.7 Å². The van der Waals surface area contributed by atoms with Crippen LogP contribution in [-0.2, 0) is 26.1 Å². The van der Waals surface area contributed by atoms with Crippen LogP contribution in [0, 0.1) is 0 Å². The summed E-state index contributed by atoms with van der Waals surface area (Å²) in [6.07, 6.45) is 5.56. The van der Waals surface area contributed by atoms with Crippen molar-refractivity contribution in [3.05, 3.63) is 88.2 Å². The molecule has 13 heteroatoms.